The molecule has 0 bridgehead atoms. The van der Waals surface area contributed by atoms with Crippen molar-refractivity contribution in [3.05, 3.63) is 69.1 Å². The maximum absolute atomic E-state index is 12.5. The van der Waals surface area contributed by atoms with Crippen LogP contribution in [0.15, 0.2) is 47.4 Å². The first-order valence-corrected chi connectivity index (χ1v) is 9.41. The van der Waals surface area contributed by atoms with Gasteiger partial charge in [0, 0.05) is 10.7 Å². The Labute approximate surface area is 166 Å². The summed E-state index contributed by atoms with van der Waals surface area (Å²) in [5.41, 5.74) is 3.34. The molecule has 1 aliphatic rings. The number of amides is 3. The number of anilines is 1. The average molecular weight is 401 g/mol. The van der Waals surface area contributed by atoms with Crippen LogP contribution < -0.4 is 5.32 Å². The lowest BCUT2D eigenvalue weighted by molar-refractivity contribution is -0.127. The number of imide groups is 1. The fourth-order valence-corrected chi connectivity index (χ4v) is 3.51. The van der Waals surface area contributed by atoms with Gasteiger partial charge in [0.25, 0.3) is 11.1 Å². The summed E-state index contributed by atoms with van der Waals surface area (Å²) >= 11 is 6.67. The lowest BCUT2D eigenvalue weighted by atomic mass is 10.1. The lowest BCUT2D eigenvalue weighted by Crippen LogP contribution is -2.36. The maximum Gasteiger partial charge on any atom is 0.294 e. The summed E-state index contributed by atoms with van der Waals surface area (Å²) in [6, 6.07) is 12.6. The third kappa shape index (κ3) is 4.59. The molecule has 0 aliphatic carbocycles. The van der Waals surface area contributed by atoms with Crippen LogP contribution in [0.2, 0.25) is 5.02 Å². The van der Waals surface area contributed by atoms with E-state index in [-0.39, 0.29) is 11.4 Å². The summed E-state index contributed by atoms with van der Waals surface area (Å²) < 4.78 is 0. The molecule has 138 valence electrons. The number of nitrogens with one attached hydrogen (secondary N) is 1. The van der Waals surface area contributed by atoms with E-state index in [9.17, 15) is 14.4 Å². The minimum Gasteiger partial charge on any atom is -0.324 e. The quantitative estimate of drug-likeness (QED) is 0.759. The minimum atomic E-state index is -0.476. The largest absolute Gasteiger partial charge is 0.324 e. The van der Waals surface area contributed by atoms with Gasteiger partial charge < -0.3 is 5.32 Å². The van der Waals surface area contributed by atoms with E-state index >= 15 is 0 Å². The Balaban J connectivity index is 1.71. The van der Waals surface area contributed by atoms with Gasteiger partial charge in [-0.3, -0.25) is 19.3 Å². The molecule has 1 fully saturated rings. The van der Waals surface area contributed by atoms with Crippen LogP contribution in [0.1, 0.15) is 16.7 Å². The summed E-state index contributed by atoms with van der Waals surface area (Å²) in [4.78, 5) is 38.2. The number of benzene rings is 2. The van der Waals surface area contributed by atoms with Crippen molar-refractivity contribution in [2.45, 2.75) is 13.8 Å². The molecule has 2 aromatic rings. The average Bonchev–Trinajstić information content (AvgIpc) is 2.87. The van der Waals surface area contributed by atoms with Crippen LogP contribution >= 0.6 is 23.4 Å². The highest BCUT2D eigenvalue weighted by molar-refractivity contribution is 8.18. The standard InChI is InChI=1S/C20H17ClN2O3S/c1-12-3-4-13(2)16(9-12)22-18(24)11-23-19(25)17(27-20(23)26)10-14-5-7-15(21)8-6-14/h3-10H,11H2,1-2H3,(H,22,24)/b17-10-. The Morgan fingerprint density at radius 1 is 1.15 bits per heavy atom. The number of nitrogens with zero attached hydrogens (tertiary/aromatic N) is 1. The number of carbonyl (C=O) groups is 3. The van der Waals surface area contributed by atoms with Crippen LogP contribution in [0.5, 0.6) is 0 Å². The van der Waals surface area contributed by atoms with Crippen LogP contribution in [-0.2, 0) is 9.59 Å². The number of carbonyl (C=O) groups excluding carboxylic acids is 3. The van der Waals surface area contributed by atoms with Gasteiger partial charge in [-0.1, -0.05) is 35.9 Å². The van der Waals surface area contributed by atoms with Gasteiger partial charge in [-0.15, -0.1) is 0 Å². The first kappa shape index (κ1) is 19.2. The van der Waals surface area contributed by atoms with E-state index in [2.05, 4.69) is 5.32 Å². The fraction of sp³-hybridized carbons (Fsp3) is 0.150. The van der Waals surface area contributed by atoms with Gasteiger partial charge in [0.1, 0.15) is 6.54 Å². The topological polar surface area (TPSA) is 66.5 Å². The fourth-order valence-electron chi connectivity index (χ4n) is 2.55. The molecular weight excluding hydrogens is 384 g/mol. The number of rotatable bonds is 4. The van der Waals surface area contributed by atoms with E-state index in [0.717, 1.165) is 33.4 Å². The lowest BCUT2D eigenvalue weighted by Gasteiger charge is -2.14. The van der Waals surface area contributed by atoms with Gasteiger partial charge in [-0.25, -0.2) is 0 Å². The number of hydrogen-bond donors (Lipinski definition) is 1. The number of aryl methyl sites for hydroxylation is 2. The zero-order chi connectivity index (χ0) is 19.6. The van der Waals surface area contributed by atoms with Crippen LogP contribution in [0.4, 0.5) is 10.5 Å². The van der Waals surface area contributed by atoms with Crippen molar-refractivity contribution >= 4 is 52.2 Å². The third-order valence-electron chi connectivity index (χ3n) is 4.01. The molecule has 0 saturated carbocycles. The Morgan fingerprint density at radius 2 is 1.85 bits per heavy atom. The molecule has 1 heterocycles. The van der Waals surface area contributed by atoms with Crippen LogP contribution in [0, 0.1) is 13.8 Å². The van der Waals surface area contributed by atoms with Gasteiger partial charge in [-0.05, 0) is 66.6 Å². The van der Waals surface area contributed by atoms with Crippen molar-refractivity contribution in [1.82, 2.24) is 4.90 Å². The first-order valence-electron chi connectivity index (χ1n) is 8.21. The molecule has 2 aromatic carbocycles. The smallest absolute Gasteiger partial charge is 0.294 e. The zero-order valence-electron chi connectivity index (χ0n) is 14.8. The Bertz CT molecular complexity index is 954. The SMILES string of the molecule is Cc1ccc(C)c(NC(=O)CN2C(=O)S/C(=C\c3ccc(Cl)cc3)C2=O)c1. The van der Waals surface area contributed by atoms with E-state index < -0.39 is 17.1 Å². The van der Waals surface area contributed by atoms with Crippen LogP contribution in [0.25, 0.3) is 6.08 Å². The summed E-state index contributed by atoms with van der Waals surface area (Å²) in [7, 11) is 0. The summed E-state index contributed by atoms with van der Waals surface area (Å²) in [5.74, 6) is -0.894. The van der Waals surface area contributed by atoms with Crippen molar-refractivity contribution in [2.75, 3.05) is 11.9 Å². The molecule has 0 radical (unpaired) electrons. The molecule has 0 aromatic heterocycles. The molecule has 0 atom stereocenters. The molecule has 1 saturated heterocycles. The number of halogens is 1. The van der Waals surface area contributed by atoms with E-state index in [1.54, 1.807) is 30.3 Å². The van der Waals surface area contributed by atoms with Crippen molar-refractivity contribution in [1.29, 1.82) is 0 Å². The Hall–Kier alpha value is -2.57. The normalized spacial score (nSPS) is 15.5. The molecule has 0 spiro atoms. The number of thioether (sulfide) groups is 1. The third-order valence-corrected chi connectivity index (χ3v) is 5.17. The number of hydrogen-bond acceptors (Lipinski definition) is 4. The molecule has 7 heteroatoms. The summed E-state index contributed by atoms with van der Waals surface area (Å²) in [6.45, 7) is 3.48. The Kier molecular flexibility index (Phi) is 5.68. The minimum absolute atomic E-state index is 0.279. The van der Waals surface area contributed by atoms with Crippen LogP contribution in [0.3, 0.4) is 0 Å². The second kappa shape index (κ2) is 7.98. The van der Waals surface area contributed by atoms with Gasteiger partial charge >= 0.3 is 0 Å². The van der Waals surface area contributed by atoms with Crippen LogP contribution in [-0.4, -0.2) is 28.5 Å². The zero-order valence-corrected chi connectivity index (χ0v) is 16.4. The molecule has 0 unspecified atom stereocenters. The first-order chi connectivity index (χ1) is 12.8. The van der Waals surface area contributed by atoms with E-state index in [4.69, 9.17) is 11.6 Å². The molecule has 5 nitrogen and oxygen atoms in total. The van der Waals surface area contributed by atoms with Gasteiger partial charge in [0.2, 0.25) is 5.91 Å². The van der Waals surface area contributed by atoms with E-state index in [1.807, 2.05) is 32.0 Å². The highest BCUT2D eigenvalue weighted by atomic mass is 35.5. The molecule has 1 aliphatic heterocycles. The predicted molar refractivity (Wildman–Crippen MR) is 109 cm³/mol. The summed E-state index contributed by atoms with van der Waals surface area (Å²) in [6.07, 6.45) is 1.61. The van der Waals surface area contributed by atoms with Crippen molar-refractivity contribution in [2.24, 2.45) is 0 Å². The molecule has 3 rings (SSSR count). The molecule has 27 heavy (non-hydrogen) atoms. The Morgan fingerprint density at radius 3 is 2.56 bits per heavy atom. The van der Waals surface area contributed by atoms with Gasteiger partial charge in [0.05, 0.1) is 4.91 Å². The summed E-state index contributed by atoms with van der Waals surface area (Å²) in [5, 5.41) is 2.89. The van der Waals surface area contributed by atoms with Crippen molar-refractivity contribution in [3.8, 4) is 0 Å². The van der Waals surface area contributed by atoms with E-state index in [0.29, 0.717) is 10.7 Å². The van der Waals surface area contributed by atoms with Gasteiger partial charge in [0.15, 0.2) is 0 Å². The van der Waals surface area contributed by atoms with E-state index in [1.165, 1.54) is 0 Å². The highest BCUT2D eigenvalue weighted by Gasteiger charge is 2.36. The second-order valence-corrected chi connectivity index (χ2v) is 7.62. The van der Waals surface area contributed by atoms with Gasteiger partial charge in [-0.2, -0.15) is 0 Å². The highest BCUT2D eigenvalue weighted by Crippen LogP contribution is 2.32. The second-order valence-electron chi connectivity index (χ2n) is 6.19. The maximum atomic E-state index is 12.5. The molecule has 3 amide bonds. The van der Waals surface area contributed by atoms with Crippen molar-refractivity contribution < 1.29 is 14.4 Å². The predicted octanol–water partition coefficient (Wildman–Crippen LogP) is 4.63. The van der Waals surface area contributed by atoms with Crippen molar-refractivity contribution in [3.63, 3.8) is 0 Å². The monoisotopic (exact) mass is 400 g/mol. The molecular formula is C20H17ClN2O3S. The molecule has 1 N–H and O–H groups in total.